The first kappa shape index (κ1) is 11.9. The van der Waals surface area contributed by atoms with Crippen LogP contribution < -0.4 is 0 Å². The Bertz CT molecular complexity index is 575. The highest BCUT2D eigenvalue weighted by Crippen LogP contribution is 2.29. The van der Waals surface area contributed by atoms with Crippen molar-refractivity contribution < 1.29 is 9.32 Å². The first-order valence-corrected chi connectivity index (χ1v) is 6.37. The van der Waals surface area contributed by atoms with E-state index in [1.54, 1.807) is 18.5 Å². The number of rotatable bonds is 4. The minimum absolute atomic E-state index is 0.0834. The van der Waals surface area contributed by atoms with Crippen molar-refractivity contribution in [2.75, 3.05) is 0 Å². The van der Waals surface area contributed by atoms with Crippen molar-refractivity contribution in [3.8, 4) is 0 Å². The van der Waals surface area contributed by atoms with Crippen molar-refractivity contribution in [1.29, 1.82) is 0 Å². The summed E-state index contributed by atoms with van der Waals surface area (Å²) < 4.78 is 5.07. The summed E-state index contributed by atoms with van der Waals surface area (Å²) in [6, 6.07) is 5.86. The minimum Gasteiger partial charge on any atom is -0.351 e. The number of amides is 1. The Balaban J connectivity index is 1.79. The van der Waals surface area contributed by atoms with E-state index in [4.69, 9.17) is 4.52 Å². The molecule has 1 amide bonds. The highest BCUT2D eigenvalue weighted by Gasteiger charge is 2.34. The summed E-state index contributed by atoms with van der Waals surface area (Å²) in [5.41, 5.74) is 1.80. The molecule has 1 aliphatic rings. The Hall–Kier alpha value is -2.17. The average molecular weight is 257 g/mol. The zero-order chi connectivity index (χ0) is 13.2. The molecular formula is C14H15N3O2. The first-order valence-electron chi connectivity index (χ1n) is 6.37. The smallest absolute Gasteiger partial charge is 0.293 e. The van der Waals surface area contributed by atoms with Gasteiger partial charge in [-0.2, -0.15) is 0 Å². The van der Waals surface area contributed by atoms with E-state index in [9.17, 15) is 4.79 Å². The molecule has 0 aliphatic heterocycles. The normalized spacial score (nSPS) is 14.4. The molecule has 98 valence electrons. The molecule has 1 fully saturated rings. The topological polar surface area (TPSA) is 59.2 Å². The molecule has 0 atom stereocenters. The van der Waals surface area contributed by atoms with Crippen molar-refractivity contribution >= 4 is 5.91 Å². The first-order chi connectivity index (χ1) is 9.24. The lowest BCUT2D eigenvalue weighted by molar-refractivity contribution is 0.0687. The summed E-state index contributed by atoms with van der Waals surface area (Å²) in [5.74, 6) is 0.235. The number of hydrogen-bond donors (Lipinski definition) is 0. The monoisotopic (exact) mass is 257 g/mol. The molecule has 0 saturated heterocycles. The van der Waals surface area contributed by atoms with Crippen LogP contribution in [0.1, 0.15) is 34.7 Å². The Kier molecular flexibility index (Phi) is 3.03. The summed E-state index contributed by atoms with van der Waals surface area (Å²) >= 11 is 0. The molecule has 5 nitrogen and oxygen atoms in total. The highest BCUT2D eigenvalue weighted by atomic mass is 16.5. The number of hydrogen-bond acceptors (Lipinski definition) is 4. The Labute approximate surface area is 111 Å². The second kappa shape index (κ2) is 4.84. The molecule has 2 heterocycles. The quantitative estimate of drug-likeness (QED) is 0.842. The number of pyridine rings is 1. The van der Waals surface area contributed by atoms with Crippen molar-refractivity contribution in [1.82, 2.24) is 15.0 Å². The third kappa shape index (κ3) is 2.65. The summed E-state index contributed by atoms with van der Waals surface area (Å²) in [5, 5.41) is 3.77. The fraction of sp³-hybridized carbons (Fsp3) is 0.357. The van der Waals surface area contributed by atoms with Crippen LogP contribution in [0.4, 0.5) is 0 Å². The molecule has 3 rings (SSSR count). The third-order valence-corrected chi connectivity index (χ3v) is 3.19. The highest BCUT2D eigenvalue weighted by molar-refractivity contribution is 5.91. The second-order valence-corrected chi connectivity index (χ2v) is 4.85. The zero-order valence-corrected chi connectivity index (χ0v) is 10.7. The van der Waals surface area contributed by atoms with Crippen LogP contribution in [0.3, 0.4) is 0 Å². The van der Waals surface area contributed by atoms with Crippen molar-refractivity contribution in [2.24, 2.45) is 0 Å². The van der Waals surface area contributed by atoms with Crippen LogP contribution in [0, 0.1) is 6.92 Å². The van der Waals surface area contributed by atoms with Crippen LogP contribution in [0.2, 0.25) is 0 Å². The largest absolute Gasteiger partial charge is 0.351 e. The van der Waals surface area contributed by atoms with Crippen LogP contribution in [0.25, 0.3) is 0 Å². The van der Waals surface area contributed by atoms with Crippen LogP contribution >= 0.6 is 0 Å². The van der Waals surface area contributed by atoms with E-state index in [1.807, 2.05) is 24.0 Å². The van der Waals surface area contributed by atoms with Gasteiger partial charge in [0.05, 0.1) is 5.69 Å². The van der Waals surface area contributed by atoms with E-state index in [0.717, 1.165) is 24.1 Å². The van der Waals surface area contributed by atoms with Crippen LogP contribution in [0.15, 0.2) is 35.1 Å². The summed E-state index contributed by atoms with van der Waals surface area (Å²) in [4.78, 5) is 18.3. The maximum absolute atomic E-state index is 12.4. The average Bonchev–Trinajstić information content (AvgIpc) is 3.18. The van der Waals surface area contributed by atoms with E-state index in [2.05, 4.69) is 10.1 Å². The minimum atomic E-state index is -0.0834. The van der Waals surface area contributed by atoms with E-state index >= 15 is 0 Å². The predicted octanol–water partition coefficient (Wildman–Crippen LogP) is 2.18. The van der Waals surface area contributed by atoms with Gasteiger partial charge in [0.15, 0.2) is 0 Å². The molecule has 2 aromatic heterocycles. The van der Waals surface area contributed by atoms with Gasteiger partial charge in [-0.25, -0.2) is 0 Å². The Morgan fingerprint density at radius 1 is 1.42 bits per heavy atom. The van der Waals surface area contributed by atoms with Gasteiger partial charge in [-0.1, -0.05) is 5.16 Å². The number of carbonyl (C=O) groups is 1. The van der Waals surface area contributed by atoms with Crippen molar-refractivity contribution in [3.05, 3.63) is 47.6 Å². The molecule has 0 bridgehead atoms. The van der Waals surface area contributed by atoms with Gasteiger partial charge in [0.1, 0.15) is 0 Å². The maximum Gasteiger partial charge on any atom is 0.293 e. The van der Waals surface area contributed by atoms with Gasteiger partial charge >= 0.3 is 0 Å². The van der Waals surface area contributed by atoms with Crippen LogP contribution in [0.5, 0.6) is 0 Å². The molecule has 1 saturated carbocycles. The molecule has 0 unspecified atom stereocenters. The molecule has 0 aromatic carbocycles. The van der Waals surface area contributed by atoms with Gasteiger partial charge in [-0.15, -0.1) is 0 Å². The lowest BCUT2D eigenvalue weighted by atomic mass is 10.2. The number of carbonyl (C=O) groups excluding carboxylic acids is 1. The van der Waals surface area contributed by atoms with Gasteiger partial charge in [0.25, 0.3) is 5.91 Å². The van der Waals surface area contributed by atoms with E-state index in [1.165, 1.54) is 0 Å². The molecule has 19 heavy (non-hydrogen) atoms. The van der Waals surface area contributed by atoms with Crippen LogP contribution in [-0.4, -0.2) is 27.0 Å². The Morgan fingerprint density at radius 2 is 2.16 bits per heavy atom. The molecule has 0 N–H and O–H groups in total. The summed E-state index contributed by atoms with van der Waals surface area (Å²) in [7, 11) is 0. The number of aromatic nitrogens is 2. The number of aryl methyl sites for hydroxylation is 1. The lowest BCUT2D eigenvalue weighted by Crippen LogP contribution is -2.32. The zero-order valence-electron chi connectivity index (χ0n) is 10.7. The van der Waals surface area contributed by atoms with Gasteiger partial charge in [-0.05, 0) is 37.5 Å². The van der Waals surface area contributed by atoms with Gasteiger partial charge in [0, 0.05) is 31.0 Å². The second-order valence-electron chi connectivity index (χ2n) is 4.85. The number of nitrogens with zero attached hydrogens (tertiary/aromatic N) is 3. The van der Waals surface area contributed by atoms with Gasteiger partial charge in [0.2, 0.25) is 5.76 Å². The van der Waals surface area contributed by atoms with Crippen molar-refractivity contribution in [2.45, 2.75) is 32.4 Å². The standard InChI is InChI=1S/C14H15N3O2/c1-10-8-13(19-16-10)14(18)17(12-2-3-12)9-11-4-6-15-7-5-11/h4-8,12H,2-3,9H2,1H3. The summed E-state index contributed by atoms with van der Waals surface area (Å²) in [6.45, 7) is 2.40. The van der Waals surface area contributed by atoms with E-state index < -0.39 is 0 Å². The van der Waals surface area contributed by atoms with Gasteiger partial charge in [-0.3, -0.25) is 9.78 Å². The fourth-order valence-corrected chi connectivity index (χ4v) is 2.04. The summed E-state index contributed by atoms with van der Waals surface area (Å²) in [6.07, 6.45) is 5.60. The lowest BCUT2D eigenvalue weighted by Gasteiger charge is -2.20. The SMILES string of the molecule is Cc1cc(C(=O)N(Cc2ccncc2)C2CC2)on1. The maximum atomic E-state index is 12.4. The Morgan fingerprint density at radius 3 is 2.74 bits per heavy atom. The molecule has 0 radical (unpaired) electrons. The van der Waals surface area contributed by atoms with Gasteiger partial charge < -0.3 is 9.42 Å². The molecule has 5 heteroatoms. The van der Waals surface area contributed by atoms with E-state index in [-0.39, 0.29) is 5.91 Å². The fourth-order valence-electron chi connectivity index (χ4n) is 2.04. The predicted molar refractivity (Wildman–Crippen MR) is 68.4 cm³/mol. The van der Waals surface area contributed by atoms with Crippen LogP contribution in [-0.2, 0) is 6.54 Å². The molecule has 0 spiro atoms. The third-order valence-electron chi connectivity index (χ3n) is 3.19. The molecule has 1 aliphatic carbocycles. The molecular weight excluding hydrogens is 242 g/mol. The molecule has 2 aromatic rings. The van der Waals surface area contributed by atoms with E-state index in [0.29, 0.717) is 18.3 Å². The van der Waals surface area contributed by atoms with Crippen molar-refractivity contribution in [3.63, 3.8) is 0 Å².